The van der Waals surface area contributed by atoms with E-state index in [9.17, 15) is 24.3 Å². The number of carbonyl (C=O) groups is 4. The number of guanidine groups is 1. The molecule has 1 aromatic rings. The summed E-state index contributed by atoms with van der Waals surface area (Å²) in [4.78, 5) is 54.0. The Bertz CT molecular complexity index is 906. The Hall–Kier alpha value is -3.71. The molecule has 4 atom stereocenters. The number of aliphatic carboxylic acids is 1. The van der Waals surface area contributed by atoms with E-state index in [-0.39, 0.29) is 31.8 Å². The number of rotatable bonds is 17. The quantitative estimate of drug-likeness (QED) is 0.0662. The van der Waals surface area contributed by atoms with Crippen molar-refractivity contribution in [1.82, 2.24) is 16.0 Å². The van der Waals surface area contributed by atoms with Crippen LogP contribution >= 0.6 is 0 Å². The minimum Gasteiger partial charge on any atom is -0.480 e. The van der Waals surface area contributed by atoms with Gasteiger partial charge < -0.3 is 44.0 Å². The van der Waals surface area contributed by atoms with Crippen molar-refractivity contribution in [2.24, 2.45) is 27.9 Å². The van der Waals surface area contributed by atoms with Gasteiger partial charge in [0.25, 0.3) is 0 Å². The van der Waals surface area contributed by atoms with Crippen LogP contribution < -0.4 is 38.9 Å². The fourth-order valence-electron chi connectivity index (χ4n) is 3.43. The van der Waals surface area contributed by atoms with Crippen LogP contribution in [0.15, 0.2) is 35.3 Å². The number of carbonyl (C=O) groups excluding carboxylic acids is 3. The molecule has 0 bridgehead atoms. The molecule has 0 spiro atoms. The third-order valence-corrected chi connectivity index (χ3v) is 5.47. The van der Waals surface area contributed by atoms with Crippen LogP contribution in [0.2, 0.25) is 0 Å². The Balaban J connectivity index is 3.00. The number of carboxylic acid groups (broad SMARTS) is 1. The van der Waals surface area contributed by atoms with Gasteiger partial charge in [0.1, 0.15) is 18.1 Å². The van der Waals surface area contributed by atoms with Gasteiger partial charge in [0.15, 0.2) is 5.96 Å². The lowest BCUT2D eigenvalue weighted by Gasteiger charge is -2.25. The van der Waals surface area contributed by atoms with Gasteiger partial charge in [-0.2, -0.15) is 0 Å². The van der Waals surface area contributed by atoms with E-state index in [1.807, 2.05) is 18.2 Å². The first-order valence-electron chi connectivity index (χ1n) is 12.2. The highest BCUT2D eigenvalue weighted by Gasteiger charge is 2.29. The molecule has 12 N–H and O–H groups in total. The van der Waals surface area contributed by atoms with Crippen molar-refractivity contribution in [1.29, 1.82) is 0 Å². The maximum Gasteiger partial charge on any atom is 0.326 e. The summed E-state index contributed by atoms with van der Waals surface area (Å²) in [5, 5.41) is 17.3. The number of aliphatic imine (C=N–C) groups is 1. The summed E-state index contributed by atoms with van der Waals surface area (Å²) in [5.41, 5.74) is 22.6. The first-order chi connectivity index (χ1) is 17.5. The van der Waals surface area contributed by atoms with E-state index in [4.69, 9.17) is 22.9 Å². The number of benzene rings is 1. The van der Waals surface area contributed by atoms with Crippen molar-refractivity contribution in [2.45, 2.75) is 69.6 Å². The van der Waals surface area contributed by atoms with Crippen molar-refractivity contribution >= 4 is 29.7 Å². The summed E-state index contributed by atoms with van der Waals surface area (Å²) >= 11 is 0. The lowest BCUT2D eigenvalue weighted by molar-refractivity contribution is -0.142. The van der Waals surface area contributed by atoms with Gasteiger partial charge in [-0.25, -0.2) is 4.79 Å². The van der Waals surface area contributed by atoms with E-state index >= 15 is 0 Å². The Morgan fingerprint density at radius 1 is 0.865 bits per heavy atom. The number of nitrogens with one attached hydrogen (secondary N) is 3. The summed E-state index contributed by atoms with van der Waals surface area (Å²) in [5.74, 6) is -3.11. The highest BCUT2D eigenvalue weighted by molar-refractivity contribution is 5.94. The molecule has 0 saturated heterocycles. The molecule has 0 fully saturated rings. The van der Waals surface area contributed by atoms with E-state index in [1.165, 1.54) is 6.92 Å². The molecule has 13 heteroatoms. The van der Waals surface area contributed by atoms with Crippen LogP contribution in [0, 0.1) is 0 Å². The molecule has 3 amide bonds. The molecule has 0 radical (unpaired) electrons. The summed E-state index contributed by atoms with van der Waals surface area (Å²) in [6, 6.07) is 4.98. The van der Waals surface area contributed by atoms with Crippen LogP contribution in [0.4, 0.5) is 0 Å². The lowest BCUT2D eigenvalue weighted by atomic mass is 10.0. The summed E-state index contributed by atoms with van der Waals surface area (Å²) in [6.07, 6.45) is 1.94. The van der Waals surface area contributed by atoms with Gasteiger partial charge in [-0.3, -0.25) is 19.4 Å². The second-order valence-electron chi connectivity index (χ2n) is 8.73. The highest BCUT2D eigenvalue weighted by Crippen LogP contribution is 2.08. The van der Waals surface area contributed by atoms with Gasteiger partial charge in [-0.15, -0.1) is 0 Å². The Labute approximate surface area is 216 Å². The Morgan fingerprint density at radius 3 is 2.00 bits per heavy atom. The number of unbranched alkanes of at least 4 members (excludes halogenated alkanes) is 1. The molecule has 0 heterocycles. The molecular formula is C24H40N8O5. The molecule has 0 saturated carbocycles. The molecule has 37 heavy (non-hydrogen) atoms. The molecule has 0 aliphatic rings. The van der Waals surface area contributed by atoms with E-state index < -0.39 is 47.9 Å². The number of nitrogens with zero attached hydrogens (tertiary/aromatic N) is 1. The molecular weight excluding hydrogens is 480 g/mol. The summed E-state index contributed by atoms with van der Waals surface area (Å²) in [7, 11) is 0. The van der Waals surface area contributed by atoms with Gasteiger partial charge in [0.05, 0.1) is 6.04 Å². The van der Waals surface area contributed by atoms with Gasteiger partial charge in [0.2, 0.25) is 17.7 Å². The SMILES string of the molecule is CC(N)C(=O)NC(Cc1ccccc1)C(=O)NC(CCCCN)C(=O)NC(CCCN=C(N)N)C(=O)O. The van der Waals surface area contributed by atoms with Crippen molar-refractivity contribution < 1.29 is 24.3 Å². The number of hydrogen-bond acceptors (Lipinski definition) is 7. The normalized spacial score (nSPS) is 13.9. The molecule has 1 aromatic carbocycles. The van der Waals surface area contributed by atoms with E-state index in [1.54, 1.807) is 12.1 Å². The van der Waals surface area contributed by atoms with Crippen LogP contribution in [0.5, 0.6) is 0 Å². The summed E-state index contributed by atoms with van der Waals surface area (Å²) in [6.45, 7) is 2.10. The fraction of sp³-hybridized carbons (Fsp3) is 0.542. The maximum absolute atomic E-state index is 13.2. The van der Waals surface area contributed by atoms with Gasteiger partial charge in [-0.05, 0) is 51.1 Å². The predicted molar refractivity (Wildman–Crippen MR) is 140 cm³/mol. The van der Waals surface area contributed by atoms with Crippen LogP contribution in [0.3, 0.4) is 0 Å². The topological polar surface area (TPSA) is 241 Å². The van der Waals surface area contributed by atoms with Gasteiger partial charge in [0, 0.05) is 13.0 Å². The third-order valence-electron chi connectivity index (χ3n) is 5.47. The van der Waals surface area contributed by atoms with Gasteiger partial charge >= 0.3 is 5.97 Å². The van der Waals surface area contributed by atoms with Gasteiger partial charge in [-0.1, -0.05) is 30.3 Å². The van der Waals surface area contributed by atoms with E-state index in [0.717, 1.165) is 5.56 Å². The van der Waals surface area contributed by atoms with Crippen molar-refractivity contribution in [3.05, 3.63) is 35.9 Å². The standard InChI is InChI=1S/C24H40N8O5/c1-15(26)20(33)32-19(14-16-8-3-2-4-9-16)22(35)30-17(10-5-6-12-25)21(34)31-18(23(36)37)11-7-13-29-24(27)28/h2-4,8-9,15,17-19H,5-7,10-14,25-26H2,1H3,(H,30,35)(H,31,34)(H,32,33)(H,36,37)(H4,27,28,29). The van der Waals surface area contributed by atoms with Crippen LogP contribution in [0.25, 0.3) is 0 Å². The second kappa shape index (κ2) is 16.9. The first-order valence-corrected chi connectivity index (χ1v) is 12.2. The largest absolute Gasteiger partial charge is 0.480 e. The Kier molecular flexibility index (Phi) is 14.3. The average molecular weight is 521 g/mol. The second-order valence-corrected chi connectivity index (χ2v) is 8.73. The third kappa shape index (κ3) is 12.7. The van der Waals surface area contributed by atoms with Crippen LogP contribution in [0.1, 0.15) is 44.6 Å². The van der Waals surface area contributed by atoms with E-state index in [2.05, 4.69) is 20.9 Å². The number of amides is 3. The van der Waals surface area contributed by atoms with Crippen LogP contribution in [-0.4, -0.2) is 72.0 Å². The molecule has 4 unspecified atom stereocenters. The maximum atomic E-state index is 13.2. The molecule has 0 aromatic heterocycles. The molecule has 0 aliphatic carbocycles. The zero-order valence-electron chi connectivity index (χ0n) is 21.2. The Morgan fingerprint density at radius 2 is 1.43 bits per heavy atom. The minimum absolute atomic E-state index is 0.0857. The number of carboxylic acids is 1. The highest BCUT2D eigenvalue weighted by atomic mass is 16.4. The smallest absolute Gasteiger partial charge is 0.326 e. The monoisotopic (exact) mass is 520 g/mol. The van der Waals surface area contributed by atoms with Crippen molar-refractivity contribution in [3.63, 3.8) is 0 Å². The molecule has 206 valence electrons. The molecule has 13 nitrogen and oxygen atoms in total. The minimum atomic E-state index is -1.23. The molecule has 0 aliphatic heterocycles. The van der Waals surface area contributed by atoms with Crippen molar-refractivity contribution in [2.75, 3.05) is 13.1 Å². The van der Waals surface area contributed by atoms with Crippen LogP contribution in [-0.2, 0) is 25.6 Å². The van der Waals surface area contributed by atoms with E-state index in [0.29, 0.717) is 25.8 Å². The zero-order valence-corrected chi connectivity index (χ0v) is 21.2. The fourth-order valence-corrected chi connectivity index (χ4v) is 3.43. The predicted octanol–water partition coefficient (Wildman–Crippen LogP) is -1.70. The number of hydrogen-bond donors (Lipinski definition) is 8. The average Bonchev–Trinajstić information content (AvgIpc) is 2.84. The first kappa shape index (κ1) is 31.3. The summed E-state index contributed by atoms with van der Waals surface area (Å²) < 4.78 is 0. The zero-order chi connectivity index (χ0) is 27.8. The van der Waals surface area contributed by atoms with Crippen molar-refractivity contribution in [3.8, 4) is 0 Å². The lowest BCUT2D eigenvalue weighted by Crippen LogP contribution is -2.57. The molecule has 1 rings (SSSR count). The number of nitrogens with two attached hydrogens (primary N) is 4.